The lowest BCUT2D eigenvalue weighted by Gasteiger charge is -2.08. The molecule has 3 rings (SSSR count). The number of hydrogen-bond donors (Lipinski definition) is 2. The van der Waals surface area contributed by atoms with Crippen LogP contribution in [0.1, 0.15) is 21.5 Å². The van der Waals surface area contributed by atoms with Gasteiger partial charge in [0.05, 0.1) is 0 Å². The number of amides is 2. The second-order valence-corrected chi connectivity index (χ2v) is 5.54. The van der Waals surface area contributed by atoms with Crippen molar-refractivity contribution in [1.29, 1.82) is 0 Å². The van der Waals surface area contributed by atoms with E-state index in [1.165, 1.54) is 6.08 Å². The van der Waals surface area contributed by atoms with Crippen molar-refractivity contribution < 1.29 is 19.1 Å². The standard InChI is InChI=1S/C19H18N2O4/c1-12-3-6-14(19(23)20-2)10-15(12)21-18(22)8-5-13-4-7-16-17(9-13)25-11-24-16/h3-10H,11H2,1-2H3,(H,20,23)(H,21,22)/b8-5+. The van der Waals surface area contributed by atoms with Crippen molar-refractivity contribution in [2.75, 3.05) is 19.2 Å². The highest BCUT2D eigenvalue weighted by molar-refractivity contribution is 6.03. The van der Waals surface area contributed by atoms with E-state index < -0.39 is 0 Å². The Bertz CT molecular complexity index is 858. The van der Waals surface area contributed by atoms with Crippen LogP contribution >= 0.6 is 0 Å². The topological polar surface area (TPSA) is 76.7 Å². The molecule has 0 spiro atoms. The minimum absolute atomic E-state index is 0.202. The van der Waals surface area contributed by atoms with Crippen molar-refractivity contribution >= 4 is 23.6 Å². The van der Waals surface area contributed by atoms with Crippen molar-refractivity contribution in [2.45, 2.75) is 6.92 Å². The molecule has 0 saturated carbocycles. The molecule has 0 unspecified atom stereocenters. The lowest BCUT2D eigenvalue weighted by atomic mass is 10.1. The molecule has 2 aromatic rings. The predicted octanol–water partition coefficient (Wildman–Crippen LogP) is 2.74. The van der Waals surface area contributed by atoms with Crippen LogP contribution in [-0.2, 0) is 4.79 Å². The van der Waals surface area contributed by atoms with Gasteiger partial charge in [-0.15, -0.1) is 0 Å². The zero-order valence-electron chi connectivity index (χ0n) is 14.0. The molecule has 25 heavy (non-hydrogen) atoms. The van der Waals surface area contributed by atoms with Gasteiger partial charge in [-0.2, -0.15) is 0 Å². The summed E-state index contributed by atoms with van der Waals surface area (Å²) < 4.78 is 10.6. The SMILES string of the molecule is CNC(=O)c1ccc(C)c(NC(=O)/C=C/c2ccc3c(c2)OCO3)c1. The van der Waals surface area contributed by atoms with E-state index in [0.29, 0.717) is 22.7 Å². The van der Waals surface area contributed by atoms with Crippen molar-refractivity contribution in [3.05, 3.63) is 59.2 Å². The highest BCUT2D eigenvalue weighted by Gasteiger charge is 2.12. The van der Waals surface area contributed by atoms with Crippen LogP contribution in [0.2, 0.25) is 0 Å². The lowest BCUT2D eigenvalue weighted by molar-refractivity contribution is -0.111. The number of nitrogens with one attached hydrogen (secondary N) is 2. The van der Waals surface area contributed by atoms with Gasteiger partial charge in [0.15, 0.2) is 11.5 Å². The fourth-order valence-electron chi connectivity index (χ4n) is 2.41. The smallest absolute Gasteiger partial charge is 0.251 e. The molecule has 0 aliphatic carbocycles. The fraction of sp³-hybridized carbons (Fsp3) is 0.158. The molecule has 128 valence electrons. The quantitative estimate of drug-likeness (QED) is 0.841. The summed E-state index contributed by atoms with van der Waals surface area (Å²) >= 11 is 0. The summed E-state index contributed by atoms with van der Waals surface area (Å²) in [6, 6.07) is 10.6. The molecule has 0 bridgehead atoms. The molecule has 1 aliphatic heterocycles. The van der Waals surface area contributed by atoms with Crippen molar-refractivity contribution in [3.8, 4) is 11.5 Å². The van der Waals surface area contributed by atoms with Crippen LogP contribution in [0.25, 0.3) is 6.08 Å². The third kappa shape index (κ3) is 3.80. The Morgan fingerprint density at radius 1 is 1.08 bits per heavy atom. The molecule has 2 N–H and O–H groups in total. The van der Waals surface area contributed by atoms with E-state index in [4.69, 9.17) is 9.47 Å². The number of carbonyl (C=O) groups is 2. The molecular formula is C19H18N2O4. The van der Waals surface area contributed by atoms with Crippen LogP contribution in [-0.4, -0.2) is 25.7 Å². The van der Waals surface area contributed by atoms with Gasteiger partial charge in [0.2, 0.25) is 12.7 Å². The molecular weight excluding hydrogens is 320 g/mol. The molecule has 6 nitrogen and oxygen atoms in total. The van der Waals surface area contributed by atoms with E-state index >= 15 is 0 Å². The van der Waals surface area contributed by atoms with E-state index in [0.717, 1.165) is 11.1 Å². The Balaban J connectivity index is 1.71. The second kappa shape index (κ2) is 7.09. The predicted molar refractivity (Wildman–Crippen MR) is 94.8 cm³/mol. The summed E-state index contributed by atoms with van der Waals surface area (Å²) in [6.45, 7) is 2.08. The van der Waals surface area contributed by atoms with Crippen LogP contribution in [0.15, 0.2) is 42.5 Å². The Labute approximate surface area is 145 Å². The largest absolute Gasteiger partial charge is 0.454 e. The summed E-state index contributed by atoms with van der Waals surface area (Å²) in [7, 11) is 1.56. The molecule has 6 heteroatoms. The van der Waals surface area contributed by atoms with E-state index in [-0.39, 0.29) is 18.6 Å². The number of anilines is 1. The first-order valence-corrected chi connectivity index (χ1v) is 7.78. The maximum absolute atomic E-state index is 12.2. The van der Waals surface area contributed by atoms with E-state index in [2.05, 4.69) is 10.6 Å². The molecule has 2 amide bonds. The molecule has 0 saturated heterocycles. The number of hydrogen-bond acceptors (Lipinski definition) is 4. The van der Waals surface area contributed by atoms with E-state index in [1.807, 2.05) is 19.1 Å². The molecule has 0 fully saturated rings. The summed E-state index contributed by atoms with van der Waals surface area (Å²) in [5, 5.41) is 5.35. The van der Waals surface area contributed by atoms with Gasteiger partial charge in [-0.1, -0.05) is 12.1 Å². The van der Waals surface area contributed by atoms with Gasteiger partial charge in [0, 0.05) is 24.4 Å². The zero-order chi connectivity index (χ0) is 17.8. The van der Waals surface area contributed by atoms with Gasteiger partial charge in [0.25, 0.3) is 5.91 Å². The van der Waals surface area contributed by atoms with Crippen LogP contribution in [0.5, 0.6) is 11.5 Å². The van der Waals surface area contributed by atoms with Gasteiger partial charge >= 0.3 is 0 Å². The Kier molecular flexibility index (Phi) is 4.70. The summed E-state index contributed by atoms with van der Waals surface area (Å²) in [5.74, 6) is 0.876. The van der Waals surface area contributed by atoms with Crippen LogP contribution in [0.3, 0.4) is 0 Å². The minimum atomic E-state index is -0.283. The first kappa shape index (κ1) is 16.6. The molecule has 1 aliphatic rings. The van der Waals surface area contributed by atoms with Crippen molar-refractivity contribution in [1.82, 2.24) is 5.32 Å². The molecule has 1 heterocycles. The molecule has 0 atom stereocenters. The highest BCUT2D eigenvalue weighted by Crippen LogP contribution is 2.32. The van der Waals surface area contributed by atoms with Crippen LogP contribution in [0.4, 0.5) is 5.69 Å². The van der Waals surface area contributed by atoms with Gasteiger partial charge in [-0.05, 0) is 48.4 Å². The molecule has 0 aromatic heterocycles. The zero-order valence-corrected chi connectivity index (χ0v) is 14.0. The van der Waals surface area contributed by atoms with Crippen LogP contribution < -0.4 is 20.1 Å². The highest BCUT2D eigenvalue weighted by atomic mass is 16.7. The third-order valence-corrected chi connectivity index (χ3v) is 3.81. The normalized spacial score (nSPS) is 12.2. The van der Waals surface area contributed by atoms with Crippen molar-refractivity contribution in [2.24, 2.45) is 0 Å². The summed E-state index contributed by atoms with van der Waals surface area (Å²) in [4.78, 5) is 23.9. The molecule has 2 aromatic carbocycles. The van der Waals surface area contributed by atoms with Gasteiger partial charge in [-0.25, -0.2) is 0 Å². The average molecular weight is 338 g/mol. The maximum atomic E-state index is 12.2. The second-order valence-electron chi connectivity index (χ2n) is 5.54. The minimum Gasteiger partial charge on any atom is -0.454 e. The fourth-order valence-corrected chi connectivity index (χ4v) is 2.41. The number of ether oxygens (including phenoxy) is 2. The first-order valence-electron chi connectivity index (χ1n) is 7.78. The average Bonchev–Trinajstić information content (AvgIpc) is 3.09. The summed E-state index contributed by atoms with van der Waals surface area (Å²) in [5.41, 5.74) is 2.79. The van der Waals surface area contributed by atoms with Gasteiger partial charge < -0.3 is 20.1 Å². The van der Waals surface area contributed by atoms with Gasteiger partial charge in [-0.3, -0.25) is 9.59 Å². The first-order chi connectivity index (χ1) is 12.1. The number of rotatable bonds is 4. The third-order valence-electron chi connectivity index (χ3n) is 3.81. The van der Waals surface area contributed by atoms with Gasteiger partial charge in [0.1, 0.15) is 0 Å². The van der Waals surface area contributed by atoms with Crippen molar-refractivity contribution in [3.63, 3.8) is 0 Å². The number of benzene rings is 2. The van der Waals surface area contributed by atoms with E-state index in [9.17, 15) is 9.59 Å². The van der Waals surface area contributed by atoms with Crippen LogP contribution in [0, 0.1) is 6.92 Å². The Hall–Kier alpha value is -3.28. The molecule has 0 radical (unpaired) electrons. The number of aryl methyl sites for hydroxylation is 1. The Morgan fingerprint density at radius 3 is 2.68 bits per heavy atom. The lowest BCUT2D eigenvalue weighted by Crippen LogP contribution is -2.18. The number of carbonyl (C=O) groups excluding carboxylic acids is 2. The number of fused-ring (bicyclic) bond motifs is 1. The van der Waals surface area contributed by atoms with E-state index in [1.54, 1.807) is 37.4 Å². The summed E-state index contributed by atoms with van der Waals surface area (Å²) in [6.07, 6.45) is 3.12. The Morgan fingerprint density at radius 2 is 1.88 bits per heavy atom. The maximum Gasteiger partial charge on any atom is 0.251 e. The monoisotopic (exact) mass is 338 g/mol.